The minimum absolute atomic E-state index is 0.342. The zero-order chi connectivity index (χ0) is 16.5. The van der Waals surface area contributed by atoms with Crippen molar-refractivity contribution in [2.45, 2.75) is 78.4 Å². The normalized spacial score (nSPS) is 19.6. The molecule has 0 amide bonds. The Morgan fingerprint density at radius 1 is 0.909 bits per heavy atom. The van der Waals surface area contributed by atoms with Gasteiger partial charge in [0.1, 0.15) is 5.75 Å². The quantitative estimate of drug-likeness (QED) is 0.845. The van der Waals surface area contributed by atoms with Gasteiger partial charge in [0.15, 0.2) is 0 Å². The molecule has 122 valence electrons. The van der Waals surface area contributed by atoms with Crippen LogP contribution in [0.15, 0.2) is 12.1 Å². The standard InChI is InChI=1S/C18H29BO3/c1-7-9-13-11-15(12-14(10-8-2)16(13)20)19-21-17(3,4)18(5,6)22-19/h11-12,20H,7-10H2,1-6H3. The largest absolute Gasteiger partial charge is 0.507 e. The van der Waals surface area contributed by atoms with Crippen LogP contribution in [0.3, 0.4) is 0 Å². The summed E-state index contributed by atoms with van der Waals surface area (Å²) in [6.07, 6.45) is 3.75. The number of phenols is 1. The third-order valence-corrected chi connectivity index (χ3v) is 4.85. The second kappa shape index (κ2) is 6.25. The minimum atomic E-state index is -0.364. The molecule has 4 heteroatoms. The Bertz CT molecular complexity index is 494. The molecule has 3 nitrogen and oxygen atoms in total. The van der Waals surface area contributed by atoms with Crippen LogP contribution >= 0.6 is 0 Å². The predicted molar refractivity (Wildman–Crippen MR) is 91.8 cm³/mol. The van der Waals surface area contributed by atoms with Gasteiger partial charge in [0, 0.05) is 0 Å². The first-order valence-corrected chi connectivity index (χ1v) is 8.42. The Morgan fingerprint density at radius 2 is 1.32 bits per heavy atom. The van der Waals surface area contributed by atoms with Crippen molar-refractivity contribution in [3.63, 3.8) is 0 Å². The van der Waals surface area contributed by atoms with E-state index in [0.29, 0.717) is 5.75 Å². The Morgan fingerprint density at radius 3 is 1.68 bits per heavy atom. The molecule has 0 bridgehead atoms. The van der Waals surface area contributed by atoms with Gasteiger partial charge in [-0.25, -0.2) is 0 Å². The third kappa shape index (κ3) is 3.18. The molecule has 0 saturated carbocycles. The smallest absolute Gasteiger partial charge is 0.494 e. The van der Waals surface area contributed by atoms with E-state index in [0.717, 1.165) is 42.3 Å². The molecule has 22 heavy (non-hydrogen) atoms. The maximum absolute atomic E-state index is 10.4. The van der Waals surface area contributed by atoms with Crippen LogP contribution < -0.4 is 5.46 Å². The molecular weight excluding hydrogens is 275 g/mol. The third-order valence-electron chi connectivity index (χ3n) is 4.85. The van der Waals surface area contributed by atoms with Gasteiger partial charge in [-0.2, -0.15) is 0 Å². The van der Waals surface area contributed by atoms with Crippen molar-refractivity contribution < 1.29 is 14.4 Å². The van der Waals surface area contributed by atoms with Gasteiger partial charge < -0.3 is 14.4 Å². The second-order valence-electron chi connectivity index (χ2n) is 7.28. The lowest BCUT2D eigenvalue weighted by molar-refractivity contribution is 0.00578. The fourth-order valence-electron chi connectivity index (χ4n) is 2.82. The highest BCUT2D eigenvalue weighted by Crippen LogP contribution is 2.37. The Balaban J connectivity index is 2.39. The summed E-state index contributed by atoms with van der Waals surface area (Å²) in [6, 6.07) is 4.08. The molecule has 0 aliphatic carbocycles. The first-order valence-electron chi connectivity index (χ1n) is 8.42. The highest BCUT2D eigenvalue weighted by molar-refractivity contribution is 6.62. The second-order valence-corrected chi connectivity index (χ2v) is 7.28. The summed E-state index contributed by atoms with van der Waals surface area (Å²) < 4.78 is 12.3. The van der Waals surface area contributed by atoms with Gasteiger partial charge in [0.2, 0.25) is 0 Å². The van der Waals surface area contributed by atoms with E-state index in [9.17, 15) is 5.11 Å². The van der Waals surface area contributed by atoms with Gasteiger partial charge in [-0.15, -0.1) is 0 Å². The Labute approximate surface area is 135 Å². The van der Waals surface area contributed by atoms with Gasteiger partial charge in [-0.3, -0.25) is 0 Å². The molecule has 1 aliphatic rings. The van der Waals surface area contributed by atoms with Crippen LogP contribution in [0.5, 0.6) is 5.75 Å². The van der Waals surface area contributed by atoms with E-state index in [2.05, 4.69) is 41.5 Å². The maximum Gasteiger partial charge on any atom is 0.494 e. The van der Waals surface area contributed by atoms with E-state index in [4.69, 9.17) is 9.31 Å². The van der Waals surface area contributed by atoms with Gasteiger partial charge in [-0.1, -0.05) is 38.8 Å². The molecule has 0 unspecified atom stereocenters. The molecule has 1 aromatic rings. The summed E-state index contributed by atoms with van der Waals surface area (Å²) in [5, 5.41) is 10.4. The summed E-state index contributed by atoms with van der Waals surface area (Å²) in [6.45, 7) is 12.5. The highest BCUT2D eigenvalue weighted by atomic mass is 16.7. The Kier molecular flexibility index (Phi) is 4.93. The first kappa shape index (κ1) is 17.4. The zero-order valence-electron chi connectivity index (χ0n) is 14.8. The molecule has 1 fully saturated rings. The van der Waals surface area contributed by atoms with Crippen LogP contribution in [0.2, 0.25) is 0 Å². The molecule has 1 saturated heterocycles. The number of phenolic OH excluding ortho intramolecular Hbond substituents is 1. The summed E-state index contributed by atoms with van der Waals surface area (Å²) >= 11 is 0. The molecule has 1 aromatic carbocycles. The zero-order valence-corrected chi connectivity index (χ0v) is 14.8. The number of benzene rings is 1. The van der Waals surface area contributed by atoms with Crippen LogP contribution in [0.4, 0.5) is 0 Å². The van der Waals surface area contributed by atoms with Gasteiger partial charge in [0.25, 0.3) is 0 Å². The van der Waals surface area contributed by atoms with Gasteiger partial charge in [-0.05, 0) is 57.1 Å². The van der Waals surface area contributed by atoms with Crippen molar-refractivity contribution >= 4 is 12.6 Å². The van der Waals surface area contributed by atoms with E-state index in [1.54, 1.807) is 0 Å². The SMILES string of the molecule is CCCc1cc(B2OC(C)(C)C(C)(C)O2)cc(CCC)c1O. The molecule has 0 spiro atoms. The van der Waals surface area contributed by atoms with Crippen LogP contribution in [0.1, 0.15) is 65.5 Å². The molecular formula is C18H29BO3. The molecule has 1 aliphatic heterocycles. The number of rotatable bonds is 5. The Hall–Kier alpha value is -0.995. The average Bonchev–Trinajstić information content (AvgIpc) is 2.63. The number of hydrogen-bond acceptors (Lipinski definition) is 3. The average molecular weight is 304 g/mol. The highest BCUT2D eigenvalue weighted by Gasteiger charge is 2.51. The van der Waals surface area contributed by atoms with Gasteiger partial charge in [0.05, 0.1) is 11.2 Å². The van der Waals surface area contributed by atoms with Crippen molar-refractivity contribution in [1.82, 2.24) is 0 Å². The fourth-order valence-corrected chi connectivity index (χ4v) is 2.82. The number of aryl methyl sites for hydroxylation is 2. The first-order chi connectivity index (χ1) is 10.2. The van der Waals surface area contributed by atoms with E-state index in [-0.39, 0.29) is 18.3 Å². The van der Waals surface area contributed by atoms with Crippen LogP contribution in [-0.4, -0.2) is 23.4 Å². The number of hydrogen-bond donors (Lipinski definition) is 1. The lowest BCUT2D eigenvalue weighted by atomic mass is 9.76. The van der Waals surface area contributed by atoms with Crippen molar-refractivity contribution in [3.05, 3.63) is 23.3 Å². The predicted octanol–water partition coefficient (Wildman–Crippen LogP) is 3.60. The van der Waals surface area contributed by atoms with Crippen molar-refractivity contribution in [2.24, 2.45) is 0 Å². The van der Waals surface area contributed by atoms with E-state index < -0.39 is 0 Å². The van der Waals surface area contributed by atoms with E-state index >= 15 is 0 Å². The molecule has 0 atom stereocenters. The number of aromatic hydroxyl groups is 1. The van der Waals surface area contributed by atoms with Crippen LogP contribution in [0.25, 0.3) is 0 Å². The summed E-state index contributed by atoms with van der Waals surface area (Å²) in [5.41, 5.74) is 2.33. The van der Waals surface area contributed by atoms with E-state index in [1.165, 1.54) is 0 Å². The topological polar surface area (TPSA) is 38.7 Å². The summed E-state index contributed by atoms with van der Waals surface area (Å²) in [7, 11) is -0.364. The summed E-state index contributed by atoms with van der Waals surface area (Å²) in [4.78, 5) is 0. The lowest BCUT2D eigenvalue weighted by Crippen LogP contribution is -2.41. The van der Waals surface area contributed by atoms with Crippen molar-refractivity contribution in [1.29, 1.82) is 0 Å². The fraction of sp³-hybridized carbons (Fsp3) is 0.667. The molecule has 0 radical (unpaired) electrons. The molecule has 1 N–H and O–H groups in total. The monoisotopic (exact) mass is 304 g/mol. The maximum atomic E-state index is 10.4. The molecule has 1 heterocycles. The summed E-state index contributed by atoms with van der Waals surface area (Å²) in [5.74, 6) is 0.448. The van der Waals surface area contributed by atoms with E-state index in [1.807, 2.05) is 12.1 Å². The van der Waals surface area contributed by atoms with Crippen LogP contribution in [-0.2, 0) is 22.2 Å². The van der Waals surface area contributed by atoms with Gasteiger partial charge >= 0.3 is 7.12 Å². The molecule has 0 aromatic heterocycles. The van der Waals surface area contributed by atoms with Crippen LogP contribution in [0, 0.1) is 0 Å². The lowest BCUT2D eigenvalue weighted by Gasteiger charge is -2.32. The molecule has 2 rings (SSSR count). The van der Waals surface area contributed by atoms with Crippen molar-refractivity contribution in [3.8, 4) is 5.75 Å². The minimum Gasteiger partial charge on any atom is -0.507 e. The van der Waals surface area contributed by atoms with Crippen molar-refractivity contribution in [2.75, 3.05) is 0 Å².